The maximum Gasteiger partial charge on any atom is 0.238 e. The molecule has 0 saturated heterocycles. The average Bonchev–Trinajstić information content (AvgIpc) is 3.65. The lowest BCUT2D eigenvalue weighted by molar-refractivity contribution is -0.116. The molecule has 6 heterocycles. The molecule has 39 heavy (non-hydrogen) atoms. The van der Waals surface area contributed by atoms with Gasteiger partial charge in [-0.05, 0) is 51.4 Å². The first-order valence-corrected chi connectivity index (χ1v) is 13.0. The van der Waals surface area contributed by atoms with E-state index in [1.54, 1.807) is 36.6 Å². The highest BCUT2D eigenvalue weighted by Gasteiger charge is 2.17. The van der Waals surface area contributed by atoms with Gasteiger partial charge in [-0.1, -0.05) is 0 Å². The van der Waals surface area contributed by atoms with Crippen LogP contribution in [0.15, 0.2) is 61.3 Å². The van der Waals surface area contributed by atoms with Gasteiger partial charge in [0.2, 0.25) is 5.91 Å². The minimum atomic E-state index is -0.118. The van der Waals surface area contributed by atoms with Crippen LogP contribution >= 0.6 is 11.3 Å². The number of hydrogen-bond donors (Lipinski definition) is 3. The SMILES string of the molecule is CC(=O)c1ccc(-c2cncc3[nH]c(-c4n[nH]c5cnc(-c6cncc(NC(=O)CN(C)C)c6)cc45)cc23)s1. The molecule has 0 spiro atoms. The van der Waals surface area contributed by atoms with Gasteiger partial charge >= 0.3 is 0 Å². The second-order valence-corrected chi connectivity index (χ2v) is 10.6. The van der Waals surface area contributed by atoms with Gasteiger partial charge in [-0.15, -0.1) is 11.3 Å². The fourth-order valence-corrected chi connectivity index (χ4v) is 5.39. The number of aromatic amines is 2. The molecule has 11 heteroatoms. The lowest BCUT2D eigenvalue weighted by Gasteiger charge is -2.10. The topological polar surface area (TPSA) is 133 Å². The van der Waals surface area contributed by atoms with Crippen LogP contribution in [0.3, 0.4) is 0 Å². The molecule has 6 rings (SSSR count). The number of thiophene rings is 1. The van der Waals surface area contributed by atoms with Crippen molar-refractivity contribution in [3.8, 4) is 33.1 Å². The zero-order chi connectivity index (χ0) is 27.1. The first kappa shape index (κ1) is 24.6. The Morgan fingerprint density at radius 1 is 0.974 bits per heavy atom. The average molecular weight is 537 g/mol. The summed E-state index contributed by atoms with van der Waals surface area (Å²) in [6.07, 6.45) is 8.67. The second kappa shape index (κ2) is 9.86. The summed E-state index contributed by atoms with van der Waals surface area (Å²) in [6, 6.07) is 9.67. The van der Waals surface area contributed by atoms with Crippen LogP contribution in [0, 0.1) is 0 Å². The number of fused-ring (bicyclic) bond motifs is 2. The Balaban J connectivity index is 1.37. The Morgan fingerprint density at radius 2 is 1.82 bits per heavy atom. The number of H-pyrrole nitrogens is 2. The number of pyridine rings is 3. The van der Waals surface area contributed by atoms with Crippen LogP contribution < -0.4 is 5.32 Å². The number of carbonyl (C=O) groups is 2. The Bertz CT molecular complexity index is 1870. The number of carbonyl (C=O) groups excluding carboxylic acids is 2. The van der Waals surface area contributed by atoms with E-state index in [-0.39, 0.29) is 18.2 Å². The van der Waals surface area contributed by atoms with Crippen molar-refractivity contribution >= 4 is 50.5 Å². The molecule has 0 fully saturated rings. The van der Waals surface area contributed by atoms with Crippen LogP contribution in [0.25, 0.3) is 54.9 Å². The highest BCUT2D eigenvalue weighted by molar-refractivity contribution is 7.17. The van der Waals surface area contributed by atoms with Gasteiger partial charge in [0.25, 0.3) is 0 Å². The maximum absolute atomic E-state index is 12.2. The predicted molar refractivity (Wildman–Crippen MR) is 153 cm³/mol. The van der Waals surface area contributed by atoms with Gasteiger partial charge in [-0.2, -0.15) is 5.10 Å². The van der Waals surface area contributed by atoms with Gasteiger partial charge in [0.1, 0.15) is 5.69 Å². The summed E-state index contributed by atoms with van der Waals surface area (Å²) < 4.78 is 0. The molecular weight excluding hydrogens is 512 g/mol. The van der Waals surface area contributed by atoms with Gasteiger partial charge in [-0.25, -0.2) is 0 Å². The Kier molecular flexibility index (Phi) is 6.21. The van der Waals surface area contributed by atoms with Crippen molar-refractivity contribution in [2.75, 3.05) is 26.0 Å². The van der Waals surface area contributed by atoms with Gasteiger partial charge in [0.15, 0.2) is 5.78 Å². The summed E-state index contributed by atoms with van der Waals surface area (Å²) in [6.45, 7) is 1.85. The molecule has 6 aromatic heterocycles. The van der Waals surface area contributed by atoms with E-state index in [9.17, 15) is 9.59 Å². The predicted octanol–water partition coefficient (Wildman–Crippen LogP) is 4.99. The molecule has 0 aliphatic rings. The summed E-state index contributed by atoms with van der Waals surface area (Å²) >= 11 is 1.46. The molecule has 1 amide bonds. The lowest BCUT2D eigenvalue weighted by atomic mass is 10.1. The number of likely N-dealkylation sites (N-methyl/N-ethyl adjacent to an activating group) is 1. The molecule has 6 aromatic rings. The van der Waals surface area contributed by atoms with E-state index in [0.29, 0.717) is 16.3 Å². The molecule has 0 aliphatic carbocycles. The Hall–Kier alpha value is -4.74. The van der Waals surface area contributed by atoms with Crippen molar-refractivity contribution in [1.29, 1.82) is 0 Å². The summed E-state index contributed by atoms with van der Waals surface area (Å²) in [5.41, 5.74) is 6.27. The molecule has 0 aromatic carbocycles. The molecule has 3 N–H and O–H groups in total. The summed E-state index contributed by atoms with van der Waals surface area (Å²) in [4.78, 5) is 44.3. The lowest BCUT2D eigenvalue weighted by Crippen LogP contribution is -2.27. The third-order valence-corrected chi connectivity index (χ3v) is 7.46. The largest absolute Gasteiger partial charge is 0.352 e. The maximum atomic E-state index is 12.2. The van der Waals surface area contributed by atoms with E-state index < -0.39 is 0 Å². The zero-order valence-electron chi connectivity index (χ0n) is 21.4. The molecule has 0 aliphatic heterocycles. The number of anilines is 1. The van der Waals surface area contributed by atoms with Crippen LogP contribution in [0.5, 0.6) is 0 Å². The van der Waals surface area contributed by atoms with E-state index in [2.05, 4.69) is 41.5 Å². The Labute approximate surface area is 227 Å². The van der Waals surface area contributed by atoms with Crippen LogP contribution in [0.1, 0.15) is 16.6 Å². The molecule has 0 unspecified atom stereocenters. The number of ketones is 1. The highest BCUT2D eigenvalue weighted by Crippen LogP contribution is 2.36. The summed E-state index contributed by atoms with van der Waals surface area (Å²) in [5.74, 6) is -0.0718. The van der Waals surface area contributed by atoms with E-state index >= 15 is 0 Å². The van der Waals surface area contributed by atoms with Crippen LogP contribution in [0.2, 0.25) is 0 Å². The van der Waals surface area contributed by atoms with Crippen molar-refractivity contribution in [2.24, 2.45) is 0 Å². The van der Waals surface area contributed by atoms with Gasteiger partial charge in [0, 0.05) is 39.2 Å². The number of amides is 1. The zero-order valence-corrected chi connectivity index (χ0v) is 22.3. The first-order valence-electron chi connectivity index (χ1n) is 12.2. The van der Waals surface area contributed by atoms with Gasteiger partial charge in [0.05, 0.1) is 58.1 Å². The van der Waals surface area contributed by atoms with Crippen molar-refractivity contribution in [2.45, 2.75) is 6.92 Å². The van der Waals surface area contributed by atoms with Crippen LogP contribution in [-0.2, 0) is 4.79 Å². The van der Waals surface area contributed by atoms with Crippen molar-refractivity contribution in [3.05, 3.63) is 66.2 Å². The molecule has 0 saturated carbocycles. The molecule has 0 bridgehead atoms. The van der Waals surface area contributed by atoms with E-state index in [1.807, 2.05) is 44.6 Å². The van der Waals surface area contributed by atoms with Gasteiger partial charge in [-0.3, -0.25) is 29.6 Å². The molecule has 10 nitrogen and oxygen atoms in total. The fourth-order valence-electron chi connectivity index (χ4n) is 4.46. The first-order chi connectivity index (χ1) is 18.9. The third-order valence-electron chi connectivity index (χ3n) is 6.24. The number of aromatic nitrogens is 6. The minimum absolute atomic E-state index is 0.0465. The quantitative estimate of drug-likeness (QED) is 0.245. The Morgan fingerprint density at radius 3 is 2.62 bits per heavy atom. The summed E-state index contributed by atoms with van der Waals surface area (Å²) in [5, 5.41) is 12.4. The normalized spacial score (nSPS) is 11.5. The van der Waals surface area contributed by atoms with Crippen molar-refractivity contribution < 1.29 is 9.59 Å². The number of rotatable bonds is 7. The molecule has 0 atom stereocenters. The second-order valence-electron chi connectivity index (χ2n) is 9.49. The highest BCUT2D eigenvalue weighted by atomic mass is 32.1. The number of hydrogen-bond acceptors (Lipinski definition) is 8. The van der Waals surface area contributed by atoms with E-state index in [1.165, 1.54) is 11.3 Å². The van der Waals surface area contributed by atoms with Crippen LogP contribution in [0.4, 0.5) is 5.69 Å². The number of nitrogens with one attached hydrogen (secondary N) is 3. The van der Waals surface area contributed by atoms with Crippen molar-refractivity contribution in [1.82, 2.24) is 35.0 Å². The van der Waals surface area contributed by atoms with Gasteiger partial charge < -0.3 is 15.2 Å². The summed E-state index contributed by atoms with van der Waals surface area (Å²) in [7, 11) is 3.68. The van der Waals surface area contributed by atoms with E-state index in [4.69, 9.17) is 0 Å². The fraction of sp³-hybridized carbons (Fsp3) is 0.143. The van der Waals surface area contributed by atoms with Crippen LogP contribution in [-0.4, -0.2) is 67.4 Å². The smallest absolute Gasteiger partial charge is 0.238 e. The van der Waals surface area contributed by atoms with Crippen molar-refractivity contribution in [3.63, 3.8) is 0 Å². The number of Topliss-reactive ketones (excluding diaryl/α,β-unsaturated/α-hetero) is 1. The van der Waals surface area contributed by atoms with E-state index in [0.717, 1.165) is 49.2 Å². The molecular formula is C28H24N8O2S. The monoisotopic (exact) mass is 536 g/mol. The molecule has 194 valence electrons. The molecule has 0 radical (unpaired) electrons. The third kappa shape index (κ3) is 4.80. The standard InChI is InChI=1S/C28H24N8O2S/c1-15(37)25-4-5-26(39-25)20-11-30-12-23-18(20)7-22(33-23)28-19-8-21(31-13-24(19)34-35-28)16-6-17(10-29-9-16)32-27(38)14-36(2)3/h4-13,33H,14H2,1-3H3,(H,32,38)(H,34,35). The number of nitrogens with zero attached hydrogens (tertiary/aromatic N) is 5. The minimum Gasteiger partial charge on any atom is -0.352 e.